The van der Waals surface area contributed by atoms with Crippen molar-refractivity contribution in [3.05, 3.63) is 65.7 Å². The van der Waals surface area contributed by atoms with E-state index in [-0.39, 0.29) is 17.6 Å². The number of aromatic hydroxyl groups is 1. The van der Waals surface area contributed by atoms with Crippen LogP contribution in [0.1, 0.15) is 35.7 Å². The van der Waals surface area contributed by atoms with Gasteiger partial charge < -0.3 is 9.84 Å². The van der Waals surface area contributed by atoms with Crippen LogP contribution in [0.5, 0.6) is 11.5 Å². The van der Waals surface area contributed by atoms with Crippen molar-refractivity contribution in [2.45, 2.75) is 25.8 Å². The lowest BCUT2D eigenvalue weighted by atomic mass is 9.95. The zero-order valence-electron chi connectivity index (χ0n) is 15.3. The molecule has 0 saturated carbocycles. The van der Waals surface area contributed by atoms with Crippen LogP contribution in [0, 0.1) is 0 Å². The van der Waals surface area contributed by atoms with Gasteiger partial charge in [-0.25, -0.2) is 0 Å². The molecular weight excluding hydrogens is 326 g/mol. The molecule has 0 amide bonds. The number of hydrogen-bond acceptors (Lipinski definition) is 4. The Morgan fingerprint density at radius 2 is 1.85 bits per heavy atom. The SMILES string of the molecule is CCC(C(=O)c1ccc(O)cc1)N1CC=C(c2ccc(OC)cc2)CC1. The number of carbonyl (C=O) groups is 1. The van der Waals surface area contributed by atoms with Crippen LogP contribution in [-0.2, 0) is 0 Å². The van der Waals surface area contributed by atoms with Gasteiger partial charge in [0.1, 0.15) is 11.5 Å². The monoisotopic (exact) mass is 351 g/mol. The molecular formula is C22H25NO3. The van der Waals surface area contributed by atoms with E-state index < -0.39 is 0 Å². The first-order chi connectivity index (χ1) is 12.6. The largest absolute Gasteiger partial charge is 0.508 e. The highest BCUT2D eigenvalue weighted by Gasteiger charge is 2.26. The van der Waals surface area contributed by atoms with Gasteiger partial charge in [-0.2, -0.15) is 0 Å². The molecule has 0 saturated heterocycles. The maximum absolute atomic E-state index is 12.9. The number of ketones is 1. The normalized spacial score (nSPS) is 16.0. The van der Waals surface area contributed by atoms with E-state index in [0.717, 1.165) is 31.7 Å². The number of rotatable bonds is 6. The molecule has 0 bridgehead atoms. The number of Topliss-reactive ketones (excluding diaryl/α,β-unsaturated/α-hetero) is 1. The first-order valence-corrected chi connectivity index (χ1v) is 9.03. The van der Waals surface area contributed by atoms with Crippen LogP contribution in [0.3, 0.4) is 0 Å². The average molecular weight is 351 g/mol. The second kappa shape index (κ2) is 8.19. The maximum atomic E-state index is 12.9. The Morgan fingerprint density at radius 1 is 1.15 bits per heavy atom. The van der Waals surface area contributed by atoms with Gasteiger partial charge in [0.05, 0.1) is 13.2 Å². The molecule has 136 valence electrons. The Bertz CT molecular complexity index is 778. The van der Waals surface area contributed by atoms with E-state index in [1.54, 1.807) is 31.4 Å². The molecule has 0 aromatic heterocycles. The van der Waals surface area contributed by atoms with Crippen LogP contribution in [0.4, 0.5) is 0 Å². The van der Waals surface area contributed by atoms with E-state index >= 15 is 0 Å². The molecule has 2 aromatic carbocycles. The molecule has 2 aromatic rings. The third-order valence-electron chi connectivity index (χ3n) is 4.98. The van der Waals surface area contributed by atoms with Crippen LogP contribution >= 0.6 is 0 Å². The number of phenols is 1. The van der Waals surface area contributed by atoms with Crippen LogP contribution in [0.25, 0.3) is 5.57 Å². The summed E-state index contributed by atoms with van der Waals surface area (Å²) in [4.78, 5) is 15.1. The van der Waals surface area contributed by atoms with Crippen molar-refractivity contribution < 1.29 is 14.6 Å². The van der Waals surface area contributed by atoms with Crippen molar-refractivity contribution in [1.29, 1.82) is 0 Å². The van der Waals surface area contributed by atoms with E-state index in [1.165, 1.54) is 11.1 Å². The molecule has 1 unspecified atom stereocenters. The smallest absolute Gasteiger partial charge is 0.179 e. The van der Waals surface area contributed by atoms with Gasteiger partial charge in [0.15, 0.2) is 5.78 Å². The Balaban J connectivity index is 1.70. The topological polar surface area (TPSA) is 49.8 Å². The van der Waals surface area contributed by atoms with Crippen LogP contribution in [0.15, 0.2) is 54.6 Å². The molecule has 4 heteroatoms. The predicted octanol–water partition coefficient (Wildman–Crippen LogP) is 4.15. The highest BCUT2D eigenvalue weighted by Crippen LogP contribution is 2.26. The molecule has 1 aliphatic heterocycles. The molecule has 0 spiro atoms. The molecule has 0 aliphatic carbocycles. The summed E-state index contributed by atoms with van der Waals surface area (Å²) in [6, 6.07) is 14.5. The van der Waals surface area contributed by atoms with Crippen LogP contribution in [0.2, 0.25) is 0 Å². The fraction of sp³-hybridized carbons (Fsp3) is 0.318. The van der Waals surface area contributed by atoms with Gasteiger partial charge in [-0.15, -0.1) is 0 Å². The van der Waals surface area contributed by atoms with Crippen molar-refractivity contribution >= 4 is 11.4 Å². The summed E-state index contributed by atoms with van der Waals surface area (Å²) in [5.41, 5.74) is 3.18. The van der Waals surface area contributed by atoms with E-state index in [2.05, 4.69) is 23.1 Å². The summed E-state index contributed by atoms with van der Waals surface area (Å²) in [5, 5.41) is 9.42. The zero-order chi connectivity index (χ0) is 18.5. The summed E-state index contributed by atoms with van der Waals surface area (Å²) in [6.45, 7) is 3.68. The molecule has 26 heavy (non-hydrogen) atoms. The Morgan fingerprint density at radius 3 is 2.38 bits per heavy atom. The number of ether oxygens (including phenoxy) is 1. The Kier molecular flexibility index (Phi) is 5.74. The lowest BCUT2D eigenvalue weighted by Gasteiger charge is -2.32. The van der Waals surface area contributed by atoms with Gasteiger partial charge in [0.25, 0.3) is 0 Å². The van der Waals surface area contributed by atoms with Crippen LogP contribution < -0.4 is 4.74 Å². The number of nitrogens with zero attached hydrogens (tertiary/aromatic N) is 1. The minimum absolute atomic E-state index is 0.119. The fourth-order valence-corrected chi connectivity index (χ4v) is 3.46. The predicted molar refractivity (Wildman–Crippen MR) is 104 cm³/mol. The minimum atomic E-state index is -0.131. The van der Waals surface area contributed by atoms with E-state index in [0.29, 0.717) is 5.56 Å². The fourth-order valence-electron chi connectivity index (χ4n) is 3.46. The highest BCUT2D eigenvalue weighted by molar-refractivity contribution is 6.00. The molecule has 3 rings (SSSR count). The summed E-state index contributed by atoms with van der Waals surface area (Å²) in [5.74, 6) is 1.16. The Labute approximate surface area is 154 Å². The number of benzene rings is 2. The van der Waals surface area contributed by atoms with Crippen LogP contribution in [-0.4, -0.2) is 42.0 Å². The lowest BCUT2D eigenvalue weighted by molar-refractivity contribution is 0.0826. The second-order valence-corrected chi connectivity index (χ2v) is 6.54. The highest BCUT2D eigenvalue weighted by atomic mass is 16.5. The van der Waals surface area contributed by atoms with Gasteiger partial charge in [-0.05, 0) is 60.4 Å². The van der Waals surface area contributed by atoms with Crippen molar-refractivity contribution in [1.82, 2.24) is 4.90 Å². The second-order valence-electron chi connectivity index (χ2n) is 6.54. The molecule has 1 heterocycles. The number of carbonyl (C=O) groups excluding carboxylic acids is 1. The van der Waals surface area contributed by atoms with Crippen molar-refractivity contribution in [2.75, 3.05) is 20.2 Å². The summed E-state index contributed by atoms with van der Waals surface area (Å²) < 4.78 is 5.21. The van der Waals surface area contributed by atoms with Gasteiger partial charge in [0.2, 0.25) is 0 Å². The molecule has 0 radical (unpaired) electrons. The van der Waals surface area contributed by atoms with E-state index in [9.17, 15) is 9.90 Å². The van der Waals surface area contributed by atoms with Crippen molar-refractivity contribution in [3.63, 3.8) is 0 Å². The van der Waals surface area contributed by atoms with E-state index in [4.69, 9.17) is 4.74 Å². The maximum Gasteiger partial charge on any atom is 0.179 e. The first kappa shape index (κ1) is 18.2. The van der Waals surface area contributed by atoms with Gasteiger partial charge in [0, 0.05) is 18.7 Å². The lowest BCUT2D eigenvalue weighted by Crippen LogP contribution is -2.43. The molecule has 1 aliphatic rings. The minimum Gasteiger partial charge on any atom is -0.508 e. The zero-order valence-corrected chi connectivity index (χ0v) is 15.3. The average Bonchev–Trinajstić information content (AvgIpc) is 2.69. The summed E-state index contributed by atoms with van der Waals surface area (Å²) >= 11 is 0. The standard InChI is InChI=1S/C22H25NO3/c1-3-21(22(25)18-4-8-19(24)9-5-18)23-14-12-17(13-15-23)16-6-10-20(26-2)11-7-16/h4-12,21,24H,3,13-15H2,1-2H3. The Hall–Kier alpha value is -2.59. The van der Waals surface area contributed by atoms with Gasteiger partial charge in [-0.3, -0.25) is 9.69 Å². The number of methoxy groups -OCH3 is 1. The third kappa shape index (κ3) is 3.97. The molecule has 4 nitrogen and oxygen atoms in total. The van der Waals surface area contributed by atoms with Gasteiger partial charge in [-0.1, -0.05) is 25.1 Å². The summed E-state index contributed by atoms with van der Waals surface area (Å²) in [7, 11) is 1.67. The third-order valence-corrected chi connectivity index (χ3v) is 4.98. The number of hydrogen-bond donors (Lipinski definition) is 1. The molecule has 1 atom stereocenters. The molecule has 1 N–H and O–H groups in total. The quantitative estimate of drug-likeness (QED) is 0.794. The van der Waals surface area contributed by atoms with Crippen molar-refractivity contribution in [3.8, 4) is 11.5 Å². The number of phenolic OH excluding ortho intramolecular Hbond substituents is 1. The molecule has 0 fully saturated rings. The van der Waals surface area contributed by atoms with E-state index in [1.807, 2.05) is 19.1 Å². The first-order valence-electron chi connectivity index (χ1n) is 9.03. The van der Waals surface area contributed by atoms with Gasteiger partial charge >= 0.3 is 0 Å². The van der Waals surface area contributed by atoms with Crippen molar-refractivity contribution in [2.24, 2.45) is 0 Å². The summed E-state index contributed by atoms with van der Waals surface area (Å²) in [6.07, 6.45) is 3.91.